The van der Waals surface area contributed by atoms with Crippen LogP contribution < -0.4 is 4.74 Å². The van der Waals surface area contributed by atoms with Gasteiger partial charge in [-0.05, 0) is 35.5 Å². The highest BCUT2D eigenvalue weighted by Gasteiger charge is 2.25. The zero-order valence-electron chi connectivity index (χ0n) is 15.7. The third-order valence-electron chi connectivity index (χ3n) is 3.68. The molecule has 1 rings (SSSR count). The molecule has 0 saturated carbocycles. The van der Waals surface area contributed by atoms with Crippen LogP contribution in [-0.2, 0) is 20.4 Å². The van der Waals surface area contributed by atoms with Crippen molar-refractivity contribution in [3.8, 4) is 5.75 Å². The van der Waals surface area contributed by atoms with Crippen LogP contribution in [0.1, 0.15) is 65.2 Å². The van der Waals surface area contributed by atoms with E-state index in [4.69, 9.17) is 9.47 Å². The number of benzene rings is 1. The first-order chi connectivity index (χ1) is 10.5. The van der Waals surface area contributed by atoms with E-state index in [1.807, 2.05) is 0 Å². The van der Waals surface area contributed by atoms with Crippen molar-refractivity contribution < 1.29 is 14.3 Å². The first-order valence-electron chi connectivity index (χ1n) is 8.08. The Morgan fingerprint density at radius 1 is 1.09 bits per heavy atom. The van der Waals surface area contributed by atoms with E-state index < -0.39 is 0 Å². The zero-order chi connectivity index (χ0) is 17.8. The van der Waals surface area contributed by atoms with Crippen LogP contribution >= 0.6 is 0 Å². The smallest absolute Gasteiger partial charge is 0.330 e. The van der Waals surface area contributed by atoms with Gasteiger partial charge in [-0.25, -0.2) is 4.79 Å². The van der Waals surface area contributed by atoms with Crippen LogP contribution in [0.3, 0.4) is 0 Å². The van der Waals surface area contributed by atoms with Crippen molar-refractivity contribution in [1.82, 2.24) is 0 Å². The van der Waals surface area contributed by atoms with Crippen molar-refractivity contribution in [2.24, 2.45) is 0 Å². The highest BCUT2D eigenvalue weighted by atomic mass is 16.5. The molecule has 128 valence electrons. The summed E-state index contributed by atoms with van der Waals surface area (Å²) in [7, 11) is 1.67. The van der Waals surface area contributed by atoms with E-state index in [-0.39, 0.29) is 16.8 Å². The first-order valence-corrected chi connectivity index (χ1v) is 8.08. The second kappa shape index (κ2) is 7.20. The largest absolute Gasteiger partial charge is 0.496 e. The minimum atomic E-state index is -0.340. The van der Waals surface area contributed by atoms with E-state index in [1.54, 1.807) is 20.1 Å². The summed E-state index contributed by atoms with van der Waals surface area (Å²) < 4.78 is 10.6. The number of carbonyl (C=O) groups is 1. The first kappa shape index (κ1) is 19.3. The fraction of sp³-hybridized carbons (Fsp3) is 0.550. The van der Waals surface area contributed by atoms with E-state index in [0.29, 0.717) is 6.61 Å². The summed E-state index contributed by atoms with van der Waals surface area (Å²) in [5, 5.41) is 0. The van der Waals surface area contributed by atoms with E-state index >= 15 is 0 Å². The molecular formula is C20H30O3. The Labute approximate surface area is 140 Å². The van der Waals surface area contributed by atoms with Gasteiger partial charge in [0.05, 0.1) is 13.7 Å². The van der Waals surface area contributed by atoms with Gasteiger partial charge in [-0.1, -0.05) is 47.6 Å². The van der Waals surface area contributed by atoms with Gasteiger partial charge in [0, 0.05) is 17.2 Å². The number of methoxy groups -OCH3 is 1. The molecule has 0 amide bonds. The molecule has 0 spiro atoms. The van der Waals surface area contributed by atoms with Crippen molar-refractivity contribution in [1.29, 1.82) is 0 Å². The maximum atomic E-state index is 11.6. The number of hydrogen-bond donors (Lipinski definition) is 0. The SMILES string of the molecule is CCOC(=O)/C=C/c1cc(C(C)(C)C)cc(C(C)(C)C)c1OC. The zero-order valence-corrected chi connectivity index (χ0v) is 15.7. The van der Waals surface area contributed by atoms with E-state index in [0.717, 1.165) is 16.9 Å². The molecule has 0 aliphatic carbocycles. The summed E-state index contributed by atoms with van der Waals surface area (Å²) in [6, 6.07) is 4.30. The predicted octanol–water partition coefficient (Wildman–Crippen LogP) is 4.87. The standard InChI is InChI=1S/C20H30O3/c1-9-23-17(21)11-10-14-12-15(19(2,3)4)13-16(18(14)22-8)20(5,6)7/h10-13H,9H2,1-8H3/b11-10+. The lowest BCUT2D eigenvalue weighted by Gasteiger charge is -2.28. The molecule has 0 fully saturated rings. The van der Waals surface area contributed by atoms with Gasteiger partial charge in [-0.2, -0.15) is 0 Å². The predicted molar refractivity (Wildman–Crippen MR) is 96.1 cm³/mol. The third-order valence-corrected chi connectivity index (χ3v) is 3.68. The molecule has 0 unspecified atom stereocenters. The van der Waals surface area contributed by atoms with Crippen LogP contribution in [-0.4, -0.2) is 19.7 Å². The van der Waals surface area contributed by atoms with Crippen molar-refractivity contribution in [2.75, 3.05) is 13.7 Å². The molecule has 1 aromatic rings. The molecule has 3 heteroatoms. The average Bonchev–Trinajstić information content (AvgIpc) is 2.42. The molecule has 0 heterocycles. The van der Waals surface area contributed by atoms with Crippen LogP contribution in [0, 0.1) is 0 Å². The molecule has 1 aromatic carbocycles. The normalized spacial score (nSPS) is 12.5. The summed E-state index contributed by atoms with van der Waals surface area (Å²) in [4.78, 5) is 11.6. The van der Waals surface area contributed by atoms with Gasteiger partial charge in [0.15, 0.2) is 0 Å². The molecule has 0 N–H and O–H groups in total. The lowest BCUT2D eigenvalue weighted by molar-refractivity contribution is -0.137. The number of esters is 1. The Balaban J connectivity index is 3.50. The minimum absolute atomic E-state index is 0.0127. The Hall–Kier alpha value is -1.77. The highest BCUT2D eigenvalue weighted by molar-refractivity contribution is 5.87. The second-order valence-electron chi connectivity index (χ2n) is 7.73. The van der Waals surface area contributed by atoms with Crippen molar-refractivity contribution in [3.05, 3.63) is 34.9 Å². The van der Waals surface area contributed by atoms with Crippen LogP contribution in [0.5, 0.6) is 5.75 Å². The topological polar surface area (TPSA) is 35.5 Å². The lowest BCUT2D eigenvalue weighted by Crippen LogP contribution is -2.18. The van der Waals surface area contributed by atoms with Crippen LogP contribution in [0.2, 0.25) is 0 Å². The summed E-state index contributed by atoms with van der Waals surface area (Å²) in [5.74, 6) is 0.471. The molecule has 3 nitrogen and oxygen atoms in total. The Morgan fingerprint density at radius 2 is 1.70 bits per heavy atom. The van der Waals surface area contributed by atoms with Gasteiger partial charge < -0.3 is 9.47 Å². The fourth-order valence-electron chi connectivity index (χ4n) is 2.34. The van der Waals surface area contributed by atoms with Gasteiger partial charge in [-0.3, -0.25) is 0 Å². The summed E-state index contributed by atoms with van der Waals surface area (Å²) in [6.45, 7) is 15.2. The van der Waals surface area contributed by atoms with Crippen molar-refractivity contribution >= 4 is 12.0 Å². The molecule has 0 saturated heterocycles. The van der Waals surface area contributed by atoms with Crippen LogP contribution in [0.4, 0.5) is 0 Å². The Bertz CT molecular complexity index is 584. The van der Waals surface area contributed by atoms with Crippen LogP contribution in [0.15, 0.2) is 18.2 Å². The summed E-state index contributed by atoms with van der Waals surface area (Å²) in [5.41, 5.74) is 3.21. The van der Waals surface area contributed by atoms with Crippen molar-refractivity contribution in [2.45, 2.75) is 59.3 Å². The quantitative estimate of drug-likeness (QED) is 0.587. The Kier molecular flexibility index (Phi) is 6.04. The maximum Gasteiger partial charge on any atom is 0.330 e. The van der Waals surface area contributed by atoms with Gasteiger partial charge in [0.25, 0.3) is 0 Å². The second-order valence-corrected chi connectivity index (χ2v) is 7.73. The van der Waals surface area contributed by atoms with Crippen molar-refractivity contribution in [3.63, 3.8) is 0 Å². The molecule has 0 aliphatic heterocycles. The van der Waals surface area contributed by atoms with Gasteiger partial charge in [0.2, 0.25) is 0 Å². The number of hydrogen-bond acceptors (Lipinski definition) is 3. The lowest BCUT2D eigenvalue weighted by atomic mass is 9.79. The van der Waals surface area contributed by atoms with Gasteiger partial charge >= 0.3 is 5.97 Å². The van der Waals surface area contributed by atoms with E-state index in [2.05, 4.69) is 53.7 Å². The van der Waals surface area contributed by atoms with Gasteiger partial charge in [-0.15, -0.1) is 0 Å². The summed E-state index contributed by atoms with van der Waals surface area (Å²) >= 11 is 0. The monoisotopic (exact) mass is 318 g/mol. The third kappa shape index (κ3) is 5.12. The molecule has 23 heavy (non-hydrogen) atoms. The molecule has 0 radical (unpaired) electrons. The molecule has 0 bridgehead atoms. The van der Waals surface area contributed by atoms with E-state index in [9.17, 15) is 4.79 Å². The van der Waals surface area contributed by atoms with E-state index in [1.165, 1.54) is 11.6 Å². The Morgan fingerprint density at radius 3 is 2.13 bits per heavy atom. The molecule has 0 aliphatic rings. The maximum absolute atomic E-state index is 11.6. The van der Waals surface area contributed by atoms with Crippen LogP contribution in [0.25, 0.3) is 6.08 Å². The molecular weight excluding hydrogens is 288 g/mol. The number of carbonyl (C=O) groups excluding carboxylic acids is 1. The highest BCUT2D eigenvalue weighted by Crippen LogP contribution is 2.38. The number of rotatable bonds is 4. The van der Waals surface area contributed by atoms with Gasteiger partial charge in [0.1, 0.15) is 5.75 Å². The minimum Gasteiger partial charge on any atom is -0.496 e. The fourth-order valence-corrected chi connectivity index (χ4v) is 2.34. The molecule has 0 atom stereocenters. The summed E-state index contributed by atoms with van der Waals surface area (Å²) in [6.07, 6.45) is 3.24. The number of ether oxygens (including phenoxy) is 2. The average molecular weight is 318 g/mol. The molecule has 0 aromatic heterocycles.